The number of alkyl carbamates (subject to hydrolysis) is 1. The van der Waals surface area contributed by atoms with E-state index in [-0.39, 0.29) is 18.2 Å². The number of carbonyl (C=O) groups excluding carboxylic acids is 1. The second-order valence-corrected chi connectivity index (χ2v) is 2.79. The first-order chi connectivity index (χ1) is 5.22. The number of carbonyl (C=O) groups is 1. The van der Waals surface area contributed by atoms with E-state index in [0.717, 1.165) is 12.8 Å². The zero-order valence-electron chi connectivity index (χ0n) is 6.67. The molecule has 1 amide bonds. The third-order valence-corrected chi connectivity index (χ3v) is 1.77. The van der Waals surface area contributed by atoms with Gasteiger partial charge in [0.25, 0.3) is 0 Å². The van der Waals surface area contributed by atoms with Crippen LogP contribution in [0.3, 0.4) is 0 Å². The summed E-state index contributed by atoms with van der Waals surface area (Å²) in [6.45, 7) is 2.21. The zero-order chi connectivity index (χ0) is 8.27. The number of hydrogen-bond donors (Lipinski definition) is 2. The number of nitrogens with two attached hydrogens (primary N) is 1. The molecule has 1 rings (SSSR count). The Balaban J connectivity index is 2.07. The Morgan fingerprint density at radius 2 is 2.36 bits per heavy atom. The van der Waals surface area contributed by atoms with Gasteiger partial charge in [-0.1, -0.05) is 0 Å². The maximum atomic E-state index is 10.8. The minimum atomic E-state index is -0.329. The number of nitrogens with one attached hydrogen (secondary N) is 1. The molecule has 0 radical (unpaired) electrons. The summed E-state index contributed by atoms with van der Waals surface area (Å²) in [5.41, 5.74) is 5.53. The van der Waals surface area contributed by atoms with Crippen LogP contribution in [0.15, 0.2) is 0 Å². The fourth-order valence-corrected chi connectivity index (χ4v) is 1.12. The normalized spacial score (nSPS) is 28.9. The summed E-state index contributed by atoms with van der Waals surface area (Å²) in [6, 6.07) is 0.506. The van der Waals surface area contributed by atoms with Gasteiger partial charge in [-0.3, -0.25) is 0 Å². The molecule has 0 saturated heterocycles. The van der Waals surface area contributed by atoms with Crippen LogP contribution in [0.5, 0.6) is 0 Å². The Morgan fingerprint density at radius 1 is 1.73 bits per heavy atom. The Kier molecular flexibility index (Phi) is 2.70. The monoisotopic (exact) mass is 158 g/mol. The SMILES string of the molecule is CCOC(=O)NC1CC(N)C1. The molecule has 0 aromatic heterocycles. The van der Waals surface area contributed by atoms with Crippen molar-refractivity contribution < 1.29 is 9.53 Å². The summed E-state index contributed by atoms with van der Waals surface area (Å²) in [4.78, 5) is 10.8. The smallest absolute Gasteiger partial charge is 0.407 e. The molecule has 11 heavy (non-hydrogen) atoms. The first kappa shape index (κ1) is 8.33. The van der Waals surface area contributed by atoms with Gasteiger partial charge in [-0.15, -0.1) is 0 Å². The van der Waals surface area contributed by atoms with Gasteiger partial charge in [-0.05, 0) is 19.8 Å². The van der Waals surface area contributed by atoms with E-state index in [1.807, 2.05) is 0 Å². The first-order valence-corrected chi connectivity index (χ1v) is 3.91. The fraction of sp³-hybridized carbons (Fsp3) is 0.857. The van der Waals surface area contributed by atoms with Gasteiger partial charge in [0, 0.05) is 12.1 Å². The Bertz CT molecular complexity index is 143. The van der Waals surface area contributed by atoms with Gasteiger partial charge in [0.15, 0.2) is 0 Å². The van der Waals surface area contributed by atoms with Crippen LogP contribution in [0.2, 0.25) is 0 Å². The third-order valence-electron chi connectivity index (χ3n) is 1.77. The molecule has 4 heteroatoms. The highest BCUT2D eigenvalue weighted by molar-refractivity contribution is 5.67. The molecule has 0 aromatic rings. The van der Waals surface area contributed by atoms with Crippen LogP contribution in [0.1, 0.15) is 19.8 Å². The quantitative estimate of drug-likeness (QED) is 0.604. The highest BCUT2D eigenvalue weighted by atomic mass is 16.5. The zero-order valence-corrected chi connectivity index (χ0v) is 6.67. The Morgan fingerprint density at radius 3 is 2.82 bits per heavy atom. The van der Waals surface area contributed by atoms with Gasteiger partial charge in [0.05, 0.1) is 6.61 Å². The largest absolute Gasteiger partial charge is 0.450 e. The summed E-state index contributed by atoms with van der Waals surface area (Å²) >= 11 is 0. The average molecular weight is 158 g/mol. The lowest BCUT2D eigenvalue weighted by Crippen LogP contribution is -2.50. The van der Waals surface area contributed by atoms with Crippen LogP contribution in [-0.2, 0) is 4.74 Å². The van der Waals surface area contributed by atoms with Crippen molar-refractivity contribution >= 4 is 6.09 Å². The molecular weight excluding hydrogens is 144 g/mol. The molecule has 4 nitrogen and oxygen atoms in total. The van der Waals surface area contributed by atoms with E-state index in [9.17, 15) is 4.79 Å². The van der Waals surface area contributed by atoms with Crippen LogP contribution in [0, 0.1) is 0 Å². The third kappa shape index (κ3) is 2.38. The predicted molar refractivity (Wildman–Crippen MR) is 41.2 cm³/mol. The van der Waals surface area contributed by atoms with Crippen molar-refractivity contribution in [3.8, 4) is 0 Å². The van der Waals surface area contributed by atoms with Crippen molar-refractivity contribution in [3.05, 3.63) is 0 Å². The molecular formula is C7H14N2O2. The van der Waals surface area contributed by atoms with Gasteiger partial charge >= 0.3 is 6.09 Å². The van der Waals surface area contributed by atoms with Crippen molar-refractivity contribution in [2.24, 2.45) is 5.73 Å². The number of amides is 1. The predicted octanol–water partition coefficient (Wildman–Crippen LogP) is 0.222. The molecule has 0 aliphatic heterocycles. The molecule has 0 spiro atoms. The molecule has 1 fully saturated rings. The van der Waals surface area contributed by atoms with Crippen LogP contribution in [0.4, 0.5) is 4.79 Å². The van der Waals surface area contributed by atoms with E-state index in [1.54, 1.807) is 6.92 Å². The van der Waals surface area contributed by atoms with Gasteiger partial charge in [-0.25, -0.2) is 4.79 Å². The van der Waals surface area contributed by atoms with E-state index in [0.29, 0.717) is 6.61 Å². The number of hydrogen-bond acceptors (Lipinski definition) is 3. The molecule has 0 bridgehead atoms. The lowest BCUT2D eigenvalue weighted by Gasteiger charge is -2.32. The van der Waals surface area contributed by atoms with E-state index in [2.05, 4.69) is 5.32 Å². The van der Waals surface area contributed by atoms with Crippen molar-refractivity contribution in [2.75, 3.05) is 6.61 Å². The van der Waals surface area contributed by atoms with Crippen LogP contribution in [-0.4, -0.2) is 24.8 Å². The maximum Gasteiger partial charge on any atom is 0.407 e. The minimum Gasteiger partial charge on any atom is -0.450 e. The molecule has 0 unspecified atom stereocenters. The highest BCUT2D eigenvalue weighted by Crippen LogP contribution is 2.17. The molecule has 3 N–H and O–H groups in total. The average Bonchev–Trinajstić information content (AvgIpc) is 1.85. The molecule has 1 aliphatic rings. The Labute approximate surface area is 66.1 Å². The fourth-order valence-electron chi connectivity index (χ4n) is 1.12. The summed E-state index contributed by atoms with van der Waals surface area (Å²) in [5, 5.41) is 2.71. The second-order valence-electron chi connectivity index (χ2n) is 2.79. The first-order valence-electron chi connectivity index (χ1n) is 3.91. The van der Waals surface area contributed by atoms with Crippen LogP contribution >= 0.6 is 0 Å². The summed E-state index contributed by atoms with van der Waals surface area (Å²) in [7, 11) is 0. The van der Waals surface area contributed by atoms with Gasteiger partial charge < -0.3 is 15.8 Å². The standard InChI is InChI=1S/C7H14N2O2/c1-2-11-7(10)9-6-3-5(8)4-6/h5-6H,2-4,8H2,1H3,(H,9,10). The molecule has 0 heterocycles. The second kappa shape index (κ2) is 3.57. The van der Waals surface area contributed by atoms with Crippen molar-refractivity contribution in [1.82, 2.24) is 5.32 Å². The van der Waals surface area contributed by atoms with E-state index in [4.69, 9.17) is 10.5 Å². The van der Waals surface area contributed by atoms with Gasteiger partial charge in [0.2, 0.25) is 0 Å². The molecule has 64 valence electrons. The van der Waals surface area contributed by atoms with Gasteiger partial charge in [-0.2, -0.15) is 0 Å². The number of rotatable bonds is 2. The van der Waals surface area contributed by atoms with Crippen LogP contribution in [0.25, 0.3) is 0 Å². The van der Waals surface area contributed by atoms with Gasteiger partial charge in [0.1, 0.15) is 0 Å². The topological polar surface area (TPSA) is 64.3 Å². The summed E-state index contributed by atoms with van der Waals surface area (Å²) < 4.78 is 4.69. The lowest BCUT2D eigenvalue weighted by atomic mass is 9.88. The van der Waals surface area contributed by atoms with E-state index in [1.165, 1.54) is 0 Å². The van der Waals surface area contributed by atoms with Crippen molar-refractivity contribution in [1.29, 1.82) is 0 Å². The van der Waals surface area contributed by atoms with E-state index >= 15 is 0 Å². The molecule has 0 atom stereocenters. The molecule has 0 aromatic carbocycles. The van der Waals surface area contributed by atoms with Crippen molar-refractivity contribution in [2.45, 2.75) is 31.8 Å². The lowest BCUT2D eigenvalue weighted by molar-refractivity contribution is 0.139. The minimum absolute atomic E-state index is 0.240. The maximum absolute atomic E-state index is 10.8. The van der Waals surface area contributed by atoms with Crippen molar-refractivity contribution in [3.63, 3.8) is 0 Å². The number of ether oxygens (including phenoxy) is 1. The summed E-state index contributed by atoms with van der Waals surface area (Å²) in [6.07, 6.45) is 1.42. The molecule has 1 aliphatic carbocycles. The molecule has 1 saturated carbocycles. The van der Waals surface area contributed by atoms with Crippen LogP contribution < -0.4 is 11.1 Å². The summed E-state index contributed by atoms with van der Waals surface area (Å²) in [5.74, 6) is 0. The highest BCUT2D eigenvalue weighted by Gasteiger charge is 2.27. The van der Waals surface area contributed by atoms with E-state index < -0.39 is 0 Å². The Hall–Kier alpha value is -0.770.